The second-order valence-electron chi connectivity index (χ2n) is 10.1. The first-order chi connectivity index (χ1) is 22.1. The van der Waals surface area contributed by atoms with Crippen LogP contribution in [0.2, 0.25) is 5.02 Å². The normalized spacial score (nSPS) is 11.2. The zero-order valence-electron chi connectivity index (χ0n) is 24.1. The Bertz CT molecular complexity index is 1780. The Morgan fingerprint density at radius 2 is 1.57 bits per heavy atom. The van der Waals surface area contributed by atoms with Gasteiger partial charge < -0.3 is 20.1 Å². The molecule has 0 radical (unpaired) electrons. The van der Waals surface area contributed by atoms with Crippen LogP contribution in [0.4, 0.5) is 24.0 Å². The van der Waals surface area contributed by atoms with Gasteiger partial charge in [-0.25, -0.2) is 4.98 Å². The molecule has 4 aromatic carbocycles. The lowest BCUT2D eigenvalue weighted by atomic mass is 10.1. The third kappa shape index (κ3) is 8.64. The molecule has 0 spiro atoms. The number of anilines is 2. The van der Waals surface area contributed by atoms with E-state index in [2.05, 4.69) is 10.1 Å². The summed E-state index contributed by atoms with van der Waals surface area (Å²) < 4.78 is 42.6. The average Bonchev–Trinajstić information content (AvgIpc) is 3.47. The third-order valence-corrected chi connectivity index (χ3v) is 8.23. The van der Waals surface area contributed by atoms with Crippen molar-refractivity contribution in [2.45, 2.75) is 19.2 Å². The monoisotopic (exact) mass is 665 g/mol. The lowest BCUT2D eigenvalue weighted by Gasteiger charge is -2.22. The van der Waals surface area contributed by atoms with Crippen molar-refractivity contribution in [3.8, 4) is 27.4 Å². The molecule has 0 aliphatic heterocycles. The van der Waals surface area contributed by atoms with Crippen molar-refractivity contribution in [3.05, 3.63) is 119 Å². The Kier molecular flexibility index (Phi) is 10.2. The highest BCUT2D eigenvalue weighted by molar-refractivity contribution is 7.19. The predicted octanol–water partition coefficient (Wildman–Crippen LogP) is 8.61. The smallest absolute Gasteiger partial charge is 0.481 e. The van der Waals surface area contributed by atoms with E-state index < -0.39 is 12.3 Å². The minimum absolute atomic E-state index is 0.0223. The summed E-state index contributed by atoms with van der Waals surface area (Å²) in [6.07, 6.45) is -4.47. The average molecular weight is 666 g/mol. The second-order valence-corrected chi connectivity index (χ2v) is 11.5. The van der Waals surface area contributed by atoms with Crippen molar-refractivity contribution in [3.63, 3.8) is 0 Å². The number of halogens is 4. The second kappa shape index (κ2) is 14.5. The van der Waals surface area contributed by atoms with Gasteiger partial charge in [-0.2, -0.15) is 0 Å². The molecule has 2 N–H and O–H groups in total. The highest BCUT2D eigenvalue weighted by Crippen LogP contribution is 2.42. The van der Waals surface area contributed by atoms with E-state index in [4.69, 9.17) is 21.7 Å². The third-order valence-electron chi connectivity index (χ3n) is 6.85. The molecule has 0 saturated carbocycles. The van der Waals surface area contributed by atoms with E-state index in [-0.39, 0.29) is 24.6 Å². The Morgan fingerprint density at radius 1 is 0.891 bits per heavy atom. The van der Waals surface area contributed by atoms with E-state index in [9.17, 15) is 22.8 Å². The fourth-order valence-electron chi connectivity index (χ4n) is 4.62. The van der Waals surface area contributed by atoms with Crippen LogP contribution in [0.3, 0.4) is 0 Å². The highest BCUT2D eigenvalue weighted by Gasteiger charge is 2.31. The quantitative estimate of drug-likeness (QED) is 0.139. The number of hydrogen-bond acceptors (Lipinski definition) is 6. The fraction of sp³-hybridized carbons (Fsp3) is 0.147. The number of benzene rings is 4. The predicted molar refractivity (Wildman–Crippen MR) is 173 cm³/mol. The summed E-state index contributed by atoms with van der Waals surface area (Å²) in [5.41, 5.74) is 4.47. The van der Waals surface area contributed by atoms with Gasteiger partial charge in [-0.3, -0.25) is 9.59 Å². The topological polar surface area (TPSA) is 91.8 Å². The number of thiazole rings is 1. The van der Waals surface area contributed by atoms with Crippen molar-refractivity contribution in [1.82, 2.24) is 10.3 Å². The number of carbonyl (C=O) groups excluding carboxylic acids is 1. The maximum absolute atomic E-state index is 12.8. The Balaban J connectivity index is 1.46. The van der Waals surface area contributed by atoms with Gasteiger partial charge in [0.25, 0.3) is 5.91 Å². The SMILES string of the molecule is O=C(O)CCNC(=O)c1ccc(CCN(c2ccc(OC(F)(F)F)cc2)c2nc(-c3ccc(Cl)cc3)c(-c3ccccc3)s2)cc1. The molecule has 1 heterocycles. The molecule has 1 amide bonds. The van der Waals surface area contributed by atoms with Crippen LogP contribution in [0.15, 0.2) is 103 Å². The minimum atomic E-state index is -4.81. The largest absolute Gasteiger partial charge is 0.573 e. The molecule has 1 aromatic heterocycles. The number of carbonyl (C=O) groups is 2. The van der Waals surface area contributed by atoms with Crippen LogP contribution < -0.4 is 15.0 Å². The van der Waals surface area contributed by atoms with Crippen LogP contribution in [0.5, 0.6) is 5.75 Å². The molecule has 7 nitrogen and oxygen atoms in total. The lowest BCUT2D eigenvalue weighted by Crippen LogP contribution is -2.26. The number of carboxylic acids is 1. The van der Waals surface area contributed by atoms with Crippen molar-refractivity contribution < 1.29 is 32.6 Å². The van der Waals surface area contributed by atoms with Crippen LogP contribution in [0, 0.1) is 0 Å². The van der Waals surface area contributed by atoms with Crippen LogP contribution >= 0.6 is 22.9 Å². The standard InChI is InChI=1S/C34H27ClF3N3O4S/c35-26-12-10-23(11-13-26)30-31(24-4-2-1-3-5-24)46-33(40-30)41(27-14-16-28(17-15-27)45-34(36,37)38)21-19-22-6-8-25(9-7-22)32(44)39-20-18-29(42)43/h1-17H,18-21H2,(H,39,44)(H,42,43). The summed E-state index contributed by atoms with van der Waals surface area (Å²) in [6.45, 7) is 0.430. The molecule has 12 heteroatoms. The number of carboxylic acid groups (broad SMARTS) is 1. The maximum Gasteiger partial charge on any atom is 0.573 e. The summed E-state index contributed by atoms with van der Waals surface area (Å²) in [7, 11) is 0. The number of amides is 1. The summed E-state index contributed by atoms with van der Waals surface area (Å²) in [5, 5.41) is 12.6. The van der Waals surface area contributed by atoms with Crippen LogP contribution in [-0.4, -0.2) is 41.4 Å². The number of nitrogens with zero attached hydrogens (tertiary/aromatic N) is 2. The highest BCUT2D eigenvalue weighted by atomic mass is 35.5. The van der Waals surface area contributed by atoms with Gasteiger partial charge in [-0.1, -0.05) is 77.5 Å². The van der Waals surface area contributed by atoms with Crippen LogP contribution in [0.1, 0.15) is 22.3 Å². The van der Waals surface area contributed by atoms with Crippen LogP contribution in [0.25, 0.3) is 21.7 Å². The van der Waals surface area contributed by atoms with E-state index >= 15 is 0 Å². The molecule has 0 aliphatic carbocycles. The molecular formula is C34H27ClF3N3O4S. The molecular weight excluding hydrogens is 639 g/mol. The molecule has 0 saturated heterocycles. The molecule has 0 bridgehead atoms. The number of hydrogen-bond donors (Lipinski definition) is 2. The van der Waals surface area contributed by atoms with Gasteiger partial charge in [-0.05, 0) is 66.1 Å². The van der Waals surface area contributed by atoms with Crippen molar-refractivity contribution in [2.24, 2.45) is 0 Å². The Morgan fingerprint density at radius 3 is 2.20 bits per heavy atom. The molecule has 236 valence electrons. The van der Waals surface area contributed by atoms with E-state index in [0.717, 1.165) is 27.3 Å². The zero-order chi connectivity index (χ0) is 32.7. The number of aliphatic carboxylic acids is 1. The van der Waals surface area contributed by atoms with Gasteiger partial charge in [0.15, 0.2) is 5.13 Å². The van der Waals surface area contributed by atoms with E-state index in [0.29, 0.717) is 34.4 Å². The zero-order valence-corrected chi connectivity index (χ0v) is 25.7. The number of ether oxygens (including phenoxy) is 1. The summed E-state index contributed by atoms with van der Waals surface area (Å²) >= 11 is 7.61. The summed E-state index contributed by atoms with van der Waals surface area (Å²) in [6, 6.07) is 29.7. The number of alkyl halides is 3. The fourth-order valence-corrected chi connectivity index (χ4v) is 5.89. The van der Waals surface area contributed by atoms with Gasteiger partial charge in [0.05, 0.1) is 17.0 Å². The minimum Gasteiger partial charge on any atom is -0.481 e. The molecule has 5 rings (SSSR count). The number of nitrogens with one attached hydrogen (secondary N) is 1. The lowest BCUT2D eigenvalue weighted by molar-refractivity contribution is -0.274. The van der Waals surface area contributed by atoms with Crippen LogP contribution in [-0.2, 0) is 11.2 Å². The van der Waals surface area contributed by atoms with Crippen molar-refractivity contribution >= 4 is 45.6 Å². The number of rotatable bonds is 12. The Labute approximate surface area is 271 Å². The van der Waals surface area contributed by atoms with E-state index in [1.54, 1.807) is 48.5 Å². The maximum atomic E-state index is 12.8. The molecule has 5 aromatic rings. The first-order valence-corrected chi connectivity index (χ1v) is 15.3. The Hall–Kier alpha value is -4.87. The number of aromatic nitrogens is 1. The molecule has 46 heavy (non-hydrogen) atoms. The molecule has 0 fully saturated rings. The van der Waals surface area contributed by atoms with E-state index in [1.165, 1.54) is 23.5 Å². The summed E-state index contributed by atoms with van der Waals surface area (Å²) in [4.78, 5) is 31.0. The van der Waals surface area contributed by atoms with Gasteiger partial charge in [0, 0.05) is 34.9 Å². The first-order valence-electron chi connectivity index (χ1n) is 14.1. The van der Waals surface area contributed by atoms with Gasteiger partial charge in [-0.15, -0.1) is 13.2 Å². The van der Waals surface area contributed by atoms with E-state index in [1.807, 2.05) is 47.4 Å². The van der Waals surface area contributed by atoms with Crippen molar-refractivity contribution in [2.75, 3.05) is 18.0 Å². The van der Waals surface area contributed by atoms with Gasteiger partial charge in [0.2, 0.25) is 0 Å². The molecule has 0 unspecified atom stereocenters. The van der Waals surface area contributed by atoms with Crippen molar-refractivity contribution in [1.29, 1.82) is 0 Å². The first kappa shape index (κ1) is 32.5. The molecule has 0 atom stereocenters. The van der Waals surface area contributed by atoms with Gasteiger partial charge in [0.1, 0.15) is 5.75 Å². The molecule has 0 aliphatic rings. The van der Waals surface area contributed by atoms with Gasteiger partial charge >= 0.3 is 12.3 Å². The summed E-state index contributed by atoms with van der Waals surface area (Å²) in [5.74, 6) is -1.71.